The Balaban J connectivity index is 2.24. The third-order valence-electron chi connectivity index (χ3n) is 3.22. The van der Waals surface area contributed by atoms with Crippen molar-refractivity contribution in [2.45, 2.75) is 38.6 Å². The minimum atomic E-state index is 0.644. The molecule has 1 unspecified atom stereocenters. The normalized spacial score (nSPS) is 21.7. The highest BCUT2D eigenvalue weighted by Gasteiger charge is 2.22. The van der Waals surface area contributed by atoms with E-state index in [-0.39, 0.29) is 0 Å². The Morgan fingerprint density at radius 2 is 2.40 bits per heavy atom. The topological polar surface area (TPSA) is 42.2 Å². The number of anilines is 2. The van der Waals surface area contributed by atoms with Gasteiger partial charge in [0, 0.05) is 18.8 Å². The first-order valence-corrected chi connectivity index (χ1v) is 5.80. The molecular weight excluding hydrogens is 186 g/mol. The maximum atomic E-state index is 5.92. The predicted molar refractivity (Wildman–Crippen MR) is 63.9 cm³/mol. The molecule has 15 heavy (non-hydrogen) atoms. The fourth-order valence-electron chi connectivity index (χ4n) is 2.39. The van der Waals surface area contributed by atoms with Gasteiger partial charge < -0.3 is 10.6 Å². The van der Waals surface area contributed by atoms with E-state index in [0.717, 1.165) is 12.2 Å². The Morgan fingerprint density at radius 3 is 3.13 bits per heavy atom. The summed E-state index contributed by atoms with van der Waals surface area (Å²) >= 11 is 0. The molecule has 1 aromatic rings. The van der Waals surface area contributed by atoms with Crippen molar-refractivity contribution in [3.05, 3.63) is 18.3 Å². The number of aromatic nitrogens is 1. The van der Waals surface area contributed by atoms with Crippen molar-refractivity contribution in [1.29, 1.82) is 0 Å². The van der Waals surface area contributed by atoms with Gasteiger partial charge in [-0.05, 0) is 37.8 Å². The molecule has 1 atom stereocenters. The Bertz CT molecular complexity index is 324. The molecule has 2 rings (SSSR count). The van der Waals surface area contributed by atoms with Gasteiger partial charge in [0.25, 0.3) is 0 Å². The molecule has 0 radical (unpaired) electrons. The molecule has 0 aromatic carbocycles. The second-order valence-electron chi connectivity index (χ2n) is 4.16. The highest BCUT2D eigenvalue weighted by Crippen LogP contribution is 2.29. The SMILES string of the molecule is CCC1CCCCN1c1cccnc1N. The van der Waals surface area contributed by atoms with Crippen LogP contribution in [0.15, 0.2) is 18.3 Å². The zero-order valence-electron chi connectivity index (χ0n) is 9.32. The summed E-state index contributed by atoms with van der Waals surface area (Å²) in [6, 6.07) is 4.69. The van der Waals surface area contributed by atoms with Crippen molar-refractivity contribution in [2.24, 2.45) is 0 Å². The monoisotopic (exact) mass is 205 g/mol. The van der Waals surface area contributed by atoms with Crippen LogP contribution in [-0.2, 0) is 0 Å². The van der Waals surface area contributed by atoms with Crippen molar-refractivity contribution in [2.75, 3.05) is 17.2 Å². The van der Waals surface area contributed by atoms with Crippen LogP contribution in [0.4, 0.5) is 11.5 Å². The van der Waals surface area contributed by atoms with E-state index >= 15 is 0 Å². The smallest absolute Gasteiger partial charge is 0.146 e. The third kappa shape index (κ3) is 2.06. The van der Waals surface area contributed by atoms with Crippen molar-refractivity contribution >= 4 is 11.5 Å². The Kier molecular flexibility index (Phi) is 3.09. The molecule has 0 amide bonds. The number of rotatable bonds is 2. The molecule has 1 aromatic heterocycles. The van der Waals surface area contributed by atoms with Gasteiger partial charge in [0.1, 0.15) is 5.82 Å². The quantitative estimate of drug-likeness (QED) is 0.806. The van der Waals surface area contributed by atoms with E-state index in [9.17, 15) is 0 Å². The van der Waals surface area contributed by atoms with Crippen molar-refractivity contribution < 1.29 is 0 Å². The third-order valence-corrected chi connectivity index (χ3v) is 3.22. The summed E-state index contributed by atoms with van der Waals surface area (Å²) < 4.78 is 0. The van der Waals surface area contributed by atoms with E-state index in [2.05, 4.69) is 22.9 Å². The number of piperidine rings is 1. The maximum Gasteiger partial charge on any atom is 0.146 e. The molecule has 0 saturated carbocycles. The summed E-state index contributed by atoms with van der Waals surface area (Å²) in [6.07, 6.45) is 6.84. The van der Waals surface area contributed by atoms with E-state index in [4.69, 9.17) is 5.73 Å². The molecule has 2 heterocycles. The fraction of sp³-hybridized carbons (Fsp3) is 0.583. The first-order chi connectivity index (χ1) is 7.33. The molecule has 3 heteroatoms. The van der Waals surface area contributed by atoms with E-state index in [1.807, 2.05) is 6.07 Å². The fourth-order valence-corrected chi connectivity index (χ4v) is 2.39. The average Bonchev–Trinajstić information content (AvgIpc) is 2.30. The lowest BCUT2D eigenvalue weighted by atomic mass is 9.99. The lowest BCUT2D eigenvalue weighted by Crippen LogP contribution is -2.39. The van der Waals surface area contributed by atoms with Crippen LogP contribution in [0, 0.1) is 0 Å². The van der Waals surface area contributed by atoms with Crippen LogP contribution in [0.3, 0.4) is 0 Å². The Labute approximate surface area is 91.3 Å². The lowest BCUT2D eigenvalue weighted by Gasteiger charge is -2.37. The van der Waals surface area contributed by atoms with E-state index in [0.29, 0.717) is 11.9 Å². The van der Waals surface area contributed by atoms with Gasteiger partial charge in [-0.15, -0.1) is 0 Å². The number of hydrogen-bond donors (Lipinski definition) is 1. The first kappa shape index (κ1) is 10.3. The van der Waals surface area contributed by atoms with Crippen molar-refractivity contribution in [1.82, 2.24) is 4.98 Å². The summed E-state index contributed by atoms with van der Waals surface area (Å²) in [5.74, 6) is 0.665. The summed E-state index contributed by atoms with van der Waals surface area (Å²) in [5.41, 5.74) is 7.03. The number of nitrogens with zero attached hydrogens (tertiary/aromatic N) is 2. The zero-order valence-corrected chi connectivity index (χ0v) is 9.32. The van der Waals surface area contributed by atoms with Gasteiger partial charge in [-0.25, -0.2) is 4.98 Å². The molecule has 1 aliphatic heterocycles. The van der Waals surface area contributed by atoms with Crippen molar-refractivity contribution in [3.8, 4) is 0 Å². The van der Waals surface area contributed by atoms with Gasteiger partial charge in [0.15, 0.2) is 0 Å². The highest BCUT2D eigenvalue weighted by molar-refractivity contribution is 5.63. The number of pyridine rings is 1. The largest absolute Gasteiger partial charge is 0.382 e. The molecule has 82 valence electrons. The first-order valence-electron chi connectivity index (χ1n) is 5.80. The van der Waals surface area contributed by atoms with Crippen LogP contribution in [0.25, 0.3) is 0 Å². The average molecular weight is 205 g/mol. The summed E-state index contributed by atoms with van der Waals surface area (Å²) in [7, 11) is 0. The zero-order chi connectivity index (χ0) is 10.7. The van der Waals surface area contributed by atoms with E-state index in [1.165, 1.54) is 25.7 Å². The molecule has 0 spiro atoms. The van der Waals surface area contributed by atoms with Crippen LogP contribution in [-0.4, -0.2) is 17.6 Å². The van der Waals surface area contributed by atoms with E-state index in [1.54, 1.807) is 6.20 Å². The molecule has 3 nitrogen and oxygen atoms in total. The summed E-state index contributed by atoms with van der Waals surface area (Å²) in [5, 5.41) is 0. The lowest BCUT2D eigenvalue weighted by molar-refractivity contribution is 0.450. The molecule has 1 aliphatic rings. The molecule has 0 bridgehead atoms. The highest BCUT2D eigenvalue weighted by atomic mass is 15.2. The van der Waals surface area contributed by atoms with Crippen molar-refractivity contribution in [3.63, 3.8) is 0 Å². The molecular formula is C12H19N3. The van der Waals surface area contributed by atoms with Crippen LogP contribution in [0.2, 0.25) is 0 Å². The summed E-state index contributed by atoms with van der Waals surface area (Å²) in [6.45, 7) is 3.37. The second-order valence-corrected chi connectivity index (χ2v) is 4.16. The van der Waals surface area contributed by atoms with Gasteiger partial charge in [0.05, 0.1) is 5.69 Å². The summed E-state index contributed by atoms with van der Waals surface area (Å²) in [4.78, 5) is 6.58. The molecule has 2 N–H and O–H groups in total. The standard InChI is InChI=1S/C12H19N3/c1-2-10-6-3-4-9-15(10)11-7-5-8-14-12(11)13/h5,7-8,10H,2-4,6,9H2,1H3,(H2,13,14). The number of nitrogens with two attached hydrogens (primary N) is 1. The van der Waals surface area contributed by atoms with Gasteiger partial charge in [-0.3, -0.25) is 0 Å². The van der Waals surface area contributed by atoms with Gasteiger partial charge in [0.2, 0.25) is 0 Å². The van der Waals surface area contributed by atoms with Crippen LogP contribution in [0.5, 0.6) is 0 Å². The van der Waals surface area contributed by atoms with Gasteiger partial charge in [-0.2, -0.15) is 0 Å². The molecule has 0 aliphatic carbocycles. The van der Waals surface area contributed by atoms with Crippen LogP contribution < -0.4 is 10.6 Å². The number of hydrogen-bond acceptors (Lipinski definition) is 3. The maximum absolute atomic E-state index is 5.92. The van der Waals surface area contributed by atoms with Crippen LogP contribution >= 0.6 is 0 Å². The second kappa shape index (κ2) is 4.51. The van der Waals surface area contributed by atoms with Gasteiger partial charge in [-0.1, -0.05) is 6.92 Å². The minimum absolute atomic E-state index is 0.644. The molecule has 1 saturated heterocycles. The van der Waals surface area contributed by atoms with Crippen LogP contribution in [0.1, 0.15) is 32.6 Å². The van der Waals surface area contributed by atoms with Gasteiger partial charge >= 0.3 is 0 Å². The predicted octanol–water partition coefficient (Wildman–Crippen LogP) is 2.43. The molecule has 1 fully saturated rings. The number of nitrogen functional groups attached to an aromatic ring is 1. The van der Waals surface area contributed by atoms with E-state index < -0.39 is 0 Å². The minimum Gasteiger partial charge on any atom is -0.382 e. The Morgan fingerprint density at radius 1 is 1.53 bits per heavy atom. The Hall–Kier alpha value is -1.25.